The van der Waals surface area contributed by atoms with E-state index in [1.807, 2.05) is 6.07 Å². The molecule has 5 fully saturated rings. The van der Waals surface area contributed by atoms with Crippen LogP contribution in [-0.4, -0.2) is 50.2 Å². The molecule has 7 nitrogen and oxygen atoms in total. The van der Waals surface area contributed by atoms with Crippen LogP contribution in [0, 0.1) is 52.8 Å². The number of fused-ring (bicyclic) bond motifs is 8. The number of hydrogen-bond acceptors (Lipinski definition) is 6. The molecule has 2 unspecified atom stereocenters. The molecule has 0 bridgehead atoms. The molecule has 1 N–H and O–H groups in total. The Bertz CT molecular complexity index is 1150. The van der Waals surface area contributed by atoms with Gasteiger partial charge in [0.05, 0.1) is 18.4 Å². The molecule has 7 heteroatoms. The summed E-state index contributed by atoms with van der Waals surface area (Å²) < 4.78 is 7.21. The first kappa shape index (κ1) is 22.3. The van der Waals surface area contributed by atoms with Gasteiger partial charge in [-0.3, -0.25) is 9.78 Å². The van der Waals surface area contributed by atoms with E-state index in [0.717, 1.165) is 48.0 Å². The van der Waals surface area contributed by atoms with Crippen LogP contribution in [-0.2, 0) is 16.1 Å². The maximum Gasteiger partial charge on any atom is 0.157 e. The highest BCUT2D eigenvalue weighted by Crippen LogP contribution is 2.70. The number of Topliss-reactive ketones (excluding diaryl/α,β-unsaturated/α-hetero) is 1. The van der Waals surface area contributed by atoms with E-state index >= 15 is 0 Å². The average molecular weight is 479 g/mol. The highest BCUT2D eigenvalue weighted by atomic mass is 16.5. The quantitative estimate of drug-likeness (QED) is 0.701. The van der Waals surface area contributed by atoms with Crippen LogP contribution >= 0.6 is 0 Å². The number of aromatic nitrogens is 4. The molecular weight excluding hydrogens is 440 g/mol. The Morgan fingerprint density at radius 3 is 2.77 bits per heavy atom. The second kappa shape index (κ2) is 7.82. The van der Waals surface area contributed by atoms with Crippen molar-refractivity contribution >= 4 is 16.8 Å². The van der Waals surface area contributed by atoms with Crippen molar-refractivity contribution in [3.63, 3.8) is 0 Å². The largest absolute Gasteiger partial charge is 0.389 e. The summed E-state index contributed by atoms with van der Waals surface area (Å²) in [6, 6.07) is 1.85. The third-order valence-corrected chi connectivity index (χ3v) is 11.7. The van der Waals surface area contributed by atoms with Gasteiger partial charge in [0.2, 0.25) is 0 Å². The van der Waals surface area contributed by atoms with Gasteiger partial charge in [0.25, 0.3) is 0 Å². The fourth-order valence-electron chi connectivity index (χ4n) is 10.2. The van der Waals surface area contributed by atoms with Gasteiger partial charge < -0.3 is 9.84 Å². The molecule has 5 saturated carbocycles. The fourth-order valence-corrected chi connectivity index (χ4v) is 10.2. The topological polar surface area (TPSA) is 90.1 Å². The fraction of sp³-hybridized carbons (Fsp3) is 0.786. The molecule has 0 radical (unpaired) electrons. The summed E-state index contributed by atoms with van der Waals surface area (Å²) in [6.07, 6.45) is 12.7. The van der Waals surface area contributed by atoms with Crippen molar-refractivity contribution in [2.24, 2.45) is 52.8 Å². The Balaban J connectivity index is 1.08. The SMILES string of the molecule is COCC1C2[C@@H]3CC[C@@H]4[C@H](CC[C@]5(C)[C@@H](C(=O)Cn6nnc7ccncc76)CC[C@@H]45)[C@H]3CC[C@]12O. The van der Waals surface area contributed by atoms with E-state index in [0.29, 0.717) is 42.6 Å². The number of carbonyl (C=O) groups is 1. The summed E-state index contributed by atoms with van der Waals surface area (Å²) >= 11 is 0. The summed E-state index contributed by atoms with van der Waals surface area (Å²) in [7, 11) is 1.77. The second-order valence-corrected chi connectivity index (χ2v) is 12.7. The zero-order valence-electron chi connectivity index (χ0n) is 21.0. The van der Waals surface area contributed by atoms with Gasteiger partial charge in [0.1, 0.15) is 17.6 Å². The average Bonchev–Trinajstić information content (AvgIpc) is 3.13. The molecule has 2 aromatic rings. The van der Waals surface area contributed by atoms with Crippen LogP contribution in [0.25, 0.3) is 11.0 Å². The smallest absolute Gasteiger partial charge is 0.157 e. The number of carbonyl (C=O) groups excluding carboxylic acids is 1. The minimum Gasteiger partial charge on any atom is -0.389 e. The van der Waals surface area contributed by atoms with E-state index in [4.69, 9.17) is 4.74 Å². The first-order valence-corrected chi connectivity index (χ1v) is 13.8. The van der Waals surface area contributed by atoms with E-state index in [1.54, 1.807) is 24.2 Å². The van der Waals surface area contributed by atoms with Crippen molar-refractivity contribution < 1.29 is 14.6 Å². The third-order valence-electron chi connectivity index (χ3n) is 11.7. The van der Waals surface area contributed by atoms with E-state index in [2.05, 4.69) is 22.2 Å². The number of nitrogens with zero attached hydrogens (tertiary/aromatic N) is 4. The van der Waals surface area contributed by atoms with Gasteiger partial charge in [0, 0.05) is 25.1 Å². The zero-order chi connectivity index (χ0) is 23.9. The summed E-state index contributed by atoms with van der Waals surface area (Å²) in [5.74, 6) is 4.86. The maximum atomic E-state index is 13.6. The van der Waals surface area contributed by atoms with Gasteiger partial charge in [0.15, 0.2) is 5.78 Å². The second-order valence-electron chi connectivity index (χ2n) is 12.7. The molecule has 2 heterocycles. The highest BCUT2D eigenvalue weighted by Gasteiger charge is 2.71. The standard InChI is InChI=1S/C28H38N4O3/c1-27-10-7-16-17-8-11-28(34)22(15-35-2)26(28)19(17)4-3-18(16)20(27)5-6-21(27)25(33)14-32-24-13-29-12-9-23(24)30-31-32/h9,12-13,16-22,26,34H,3-8,10-11,14-15H2,1-2H3/t16-,17-,18-,19-,20+,21-,22?,26?,27+,28+/m1/s1. The van der Waals surface area contributed by atoms with Crippen LogP contribution < -0.4 is 0 Å². The lowest BCUT2D eigenvalue weighted by molar-refractivity contribution is -0.131. The Morgan fingerprint density at radius 2 is 1.91 bits per heavy atom. The number of ketones is 1. The van der Waals surface area contributed by atoms with Crippen LogP contribution in [0.3, 0.4) is 0 Å². The van der Waals surface area contributed by atoms with Crippen molar-refractivity contribution in [3.8, 4) is 0 Å². The Morgan fingerprint density at radius 1 is 1.11 bits per heavy atom. The van der Waals surface area contributed by atoms with Gasteiger partial charge in [-0.1, -0.05) is 12.1 Å². The minimum atomic E-state index is -0.445. The van der Waals surface area contributed by atoms with E-state index in [1.165, 1.54) is 32.1 Å². The van der Waals surface area contributed by atoms with Crippen LogP contribution in [0.15, 0.2) is 18.5 Å². The molecule has 0 amide bonds. The minimum absolute atomic E-state index is 0.104. The summed E-state index contributed by atoms with van der Waals surface area (Å²) in [5, 5.41) is 19.7. The van der Waals surface area contributed by atoms with E-state index < -0.39 is 5.60 Å². The van der Waals surface area contributed by atoms with Crippen molar-refractivity contribution in [1.29, 1.82) is 0 Å². The predicted octanol–water partition coefficient (Wildman–Crippen LogP) is 3.90. The van der Waals surface area contributed by atoms with E-state index in [9.17, 15) is 9.90 Å². The third kappa shape index (κ3) is 3.09. The van der Waals surface area contributed by atoms with Crippen LogP contribution in [0.1, 0.15) is 58.3 Å². The summed E-state index contributed by atoms with van der Waals surface area (Å²) in [6.45, 7) is 3.43. The van der Waals surface area contributed by atoms with Crippen molar-refractivity contribution in [1.82, 2.24) is 20.0 Å². The van der Waals surface area contributed by atoms with Gasteiger partial charge in [-0.2, -0.15) is 0 Å². The lowest BCUT2D eigenvalue weighted by Gasteiger charge is -2.56. The maximum absolute atomic E-state index is 13.6. The molecule has 0 saturated heterocycles. The Hall–Kier alpha value is -1.86. The van der Waals surface area contributed by atoms with Crippen molar-refractivity contribution in [2.75, 3.05) is 13.7 Å². The summed E-state index contributed by atoms with van der Waals surface area (Å²) in [5.41, 5.74) is 1.29. The normalized spacial score (nSPS) is 45.9. The predicted molar refractivity (Wildman–Crippen MR) is 130 cm³/mol. The monoisotopic (exact) mass is 478 g/mol. The molecule has 7 rings (SSSR count). The van der Waals surface area contributed by atoms with E-state index in [-0.39, 0.29) is 11.3 Å². The molecule has 0 spiro atoms. The highest BCUT2D eigenvalue weighted by molar-refractivity contribution is 5.84. The molecule has 35 heavy (non-hydrogen) atoms. The molecule has 0 aliphatic heterocycles. The molecular formula is C28H38N4O3. The Kier molecular flexibility index (Phi) is 4.99. The molecule has 2 aromatic heterocycles. The van der Waals surface area contributed by atoms with Crippen molar-refractivity contribution in [3.05, 3.63) is 18.5 Å². The van der Waals surface area contributed by atoms with Crippen LogP contribution in [0.2, 0.25) is 0 Å². The lowest BCUT2D eigenvalue weighted by Crippen LogP contribution is -2.50. The summed E-state index contributed by atoms with van der Waals surface area (Å²) in [4.78, 5) is 17.8. The van der Waals surface area contributed by atoms with Gasteiger partial charge in [-0.05, 0) is 98.4 Å². The van der Waals surface area contributed by atoms with Crippen molar-refractivity contribution in [2.45, 2.75) is 70.4 Å². The van der Waals surface area contributed by atoms with Crippen LogP contribution in [0.4, 0.5) is 0 Å². The number of methoxy groups -OCH3 is 1. The first-order chi connectivity index (χ1) is 17.0. The van der Waals surface area contributed by atoms with Gasteiger partial charge >= 0.3 is 0 Å². The molecule has 0 aromatic carbocycles. The van der Waals surface area contributed by atoms with Crippen LogP contribution in [0.5, 0.6) is 0 Å². The van der Waals surface area contributed by atoms with Gasteiger partial charge in [-0.25, -0.2) is 4.68 Å². The van der Waals surface area contributed by atoms with Gasteiger partial charge in [-0.15, -0.1) is 5.10 Å². The molecule has 5 aliphatic rings. The molecule has 5 aliphatic carbocycles. The first-order valence-electron chi connectivity index (χ1n) is 13.8. The zero-order valence-corrected chi connectivity index (χ0v) is 21.0. The molecule has 10 atom stereocenters. The Labute approximate surface area is 207 Å². The number of aliphatic hydroxyl groups is 1. The number of rotatable bonds is 5. The lowest BCUT2D eigenvalue weighted by atomic mass is 9.49. The molecule has 188 valence electrons. The number of ether oxygens (including phenoxy) is 1. The number of pyridine rings is 1. The number of hydrogen-bond donors (Lipinski definition) is 1.